The minimum atomic E-state index is -0.297. The lowest BCUT2D eigenvalue weighted by Crippen LogP contribution is -2.62. The average molecular weight is 550 g/mol. The molecule has 40 heavy (non-hydrogen) atoms. The van der Waals surface area contributed by atoms with Crippen LogP contribution in [0.1, 0.15) is 128 Å². The third kappa shape index (κ3) is 4.23. The summed E-state index contributed by atoms with van der Waals surface area (Å²) in [4.78, 5) is 0. The Morgan fingerprint density at radius 3 is 2.38 bits per heavy atom. The van der Waals surface area contributed by atoms with Crippen molar-refractivity contribution in [3.8, 4) is 0 Å². The van der Waals surface area contributed by atoms with Gasteiger partial charge in [-0.25, -0.2) is 0 Å². The quantitative estimate of drug-likeness (QED) is 0.321. The molecule has 4 unspecified atom stereocenters. The highest BCUT2D eigenvalue weighted by Crippen LogP contribution is 2.74. The van der Waals surface area contributed by atoms with Crippen molar-refractivity contribution in [1.29, 1.82) is 0 Å². The Hall–Kier alpha value is -0.860. The van der Waals surface area contributed by atoms with Crippen LogP contribution >= 0.6 is 0 Å². The summed E-state index contributed by atoms with van der Waals surface area (Å²) < 4.78 is 6.80. The van der Waals surface area contributed by atoms with Crippen LogP contribution in [0.3, 0.4) is 0 Å². The monoisotopic (exact) mass is 549 g/mol. The number of allylic oxidation sites excluding steroid dienone is 5. The Bertz CT molecular complexity index is 1080. The molecule has 9 atom stereocenters. The lowest BCUT2D eigenvalue weighted by molar-refractivity contribution is -0.148. The van der Waals surface area contributed by atoms with Crippen LogP contribution in [0, 0.1) is 56.7 Å². The van der Waals surface area contributed by atoms with Crippen LogP contribution in [0.4, 0.5) is 0 Å². The molecule has 3 saturated carbocycles. The summed E-state index contributed by atoms with van der Waals surface area (Å²) in [6.07, 6.45) is 21.2. The highest BCUT2D eigenvalue weighted by atomic mass is 16.5. The molecule has 0 aliphatic heterocycles. The van der Waals surface area contributed by atoms with Gasteiger partial charge in [-0.05, 0) is 122 Å². The SMILES string of the molecule is C/C=C1/C[C@@](C)(C2CCC3C(=CC[C@]45C=CC[C@]([C@H](C)C(C)C)(CCC34C)C5)C2(C)C)C1OC[C@](C)(N)C(C)C. The second-order valence-corrected chi connectivity index (χ2v) is 17.4. The van der Waals surface area contributed by atoms with Gasteiger partial charge in [0.1, 0.15) is 0 Å². The molecule has 2 heteroatoms. The van der Waals surface area contributed by atoms with Crippen LogP contribution in [0.25, 0.3) is 0 Å². The highest BCUT2D eigenvalue weighted by molar-refractivity contribution is 5.37. The molecular weight excluding hydrogens is 486 g/mol. The van der Waals surface area contributed by atoms with Gasteiger partial charge in [0, 0.05) is 11.0 Å². The topological polar surface area (TPSA) is 35.2 Å². The zero-order valence-electron chi connectivity index (χ0n) is 28.1. The first-order chi connectivity index (χ1) is 18.5. The van der Waals surface area contributed by atoms with E-state index in [-0.39, 0.29) is 22.5 Å². The van der Waals surface area contributed by atoms with Crippen molar-refractivity contribution in [2.45, 2.75) is 139 Å². The smallest absolute Gasteiger partial charge is 0.0845 e. The number of rotatable bonds is 7. The molecule has 0 heterocycles. The average Bonchev–Trinajstić information content (AvgIpc) is 2.87. The highest BCUT2D eigenvalue weighted by Gasteiger charge is 2.66. The third-order valence-electron chi connectivity index (χ3n) is 14.6. The second kappa shape index (κ2) is 9.83. The third-order valence-corrected chi connectivity index (χ3v) is 14.6. The Morgan fingerprint density at radius 1 is 1.05 bits per heavy atom. The Balaban J connectivity index is 1.44. The van der Waals surface area contributed by atoms with Crippen molar-refractivity contribution in [3.63, 3.8) is 0 Å². The van der Waals surface area contributed by atoms with E-state index in [1.54, 1.807) is 5.57 Å². The maximum atomic E-state index is 6.80. The van der Waals surface area contributed by atoms with Gasteiger partial charge in [0.15, 0.2) is 0 Å². The first-order valence-corrected chi connectivity index (χ1v) is 16.9. The molecule has 5 aliphatic carbocycles. The standard InChI is InChI=1S/C38H63NO/c1-12-28-22-34(9,32(28)40-24-36(11,39)26(4)5)31-15-14-30-29(33(31,7)8)16-19-38-18-13-17-37(23-38,27(6)25(2)3)21-20-35(30,38)10/h12-13,16,18,25-27,30-32H,14-15,17,19-24,39H2,1-11H3/b28-12-/t27-,30?,31?,32?,34+,35?,36+,37+,38+/m1/s1. The maximum absolute atomic E-state index is 6.80. The lowest BCUT2D eigenvalue weighted by atomic mass is 9.36. The summed E-state index contributed by atoms with van der Waals surface area (Å²) in [5.41, 5.74) is 11.2. The van der Waals surface area contributed by atoms with E-state index in [9.17, 15) is 0 Å². The molecule has 0 saturated heterocycles. The van der Waals surface area contributed by atoms with E-state index < -0.39 is 0 Å². The van der Waals surface area contributed by atoms with Crippen LogP contribution in [-0.2, 0) is 4.74 Å². The normalized spacial score (nSPS) is 45.4. The molecule has 5 aliphatic rings. The van der Waals surface area contributed by atoms with E-state index in [2.05, 4.69) is 100 Å². The van der Waals surface area contributed by atoms with E-state index >= 15 is 0 Å². The van der Waals surface area contributed by atoms with Crippen molar-refractivity contribution >= 4 is 0 Å². The van der Waals surface area contributed by atoms with Crippen molar-refractivity contribution in [1.82, 2.24) is 0 Å². The van der Waals surface area contributed by atoms with Crippen molar-refractivity contribution in [2.75, 3.05) is 6.61 Å². The van der Waals surface area contributed by atoms with Gasteiger partial charge in [-0.15, -0.1) is 0 Å². The predicted molar refractivity (Wildman–Crippen MR) is 171 cm³/mol. The first-order valence-electron chi connectivity index (χ1n) is 16.9. The van der Waals surface area contributed by atoms with E-state index in [0.717, 1.165) is 11.8 Å². The van der Waals surface area contributed by atoms with Gasteiger partial charge in [-0.2, -0.15) is 0 Å². The van der Waals surface area contributed by atoms with Gasteiger partial charge < -0.3 is 10.5 Å². The van der Waals surface area contributed by atoms with Crippen LogP contribution in [0.15, 0.2) is 35.5 Å². The van der Waals surface area contributed by atoms with Crippen LogP contribution in [0.5, 0.6) is 0 Å². The van der Waals surface area contributed by atoms with E-state index in [0.29, 0.717) is 40.6 Å². The number of hydrogen-bond acceptors (Lipinski definition) is 2. The molecule has 2 bridgehead atoms. The maximum Gasteiger partial charge on any atom is 0.0845 e. The van der Waals surface area contributed by atoms with Crippen molar-refractivity contribution in [3.05, 3.63) is 35.5 Å². The van der Waals surface area contributed by atoms with Crippen LogP contribution < -0.4 is 5.73 Å². The molecule has 0 aromatic heterocycles. The van der Waals surface area contributed by atoms with Gasteiger partial charge in [0.05, 0.1) is 12.7 Å². The first kappa shape index (κ1) is 30.6. The van der Waals surface area contributed by atoms with Gasteiger partial charge in [-0.3, -0.25) is 0 Å². The van der Waals surface area contributed by atoms with Crippen molar-refractivity contribution < 1.29 is 4.74 Å². The Morgan fingerprint density at radius 2 is 1.75 bits per heavy atom. The largest absolute Gasteiger partial charge is 0.371 e. The lowest BCUT2D eigenvalue weighted by Gasteiger charge is -2.69. The molecule has 1 spiro atoms. The Labute approximate surface area is 248 Å². The number of hydrogen-bond donors (Lipinski definition) is 1. The summed E-state index contributed by atoms with van der Waals surface area (Å²) >= 11 is 0. The number of ether oxygens (including phenoxy) is 1. The van der Waals surface area contributed by atoms with Gasteiger partial charge in [0.2, 0.25) is 0 Å². The fraction of sp³-hybridized carbons (Fsp3) is 0.842. The molecule has 2 N–H and O–H groups in total. The zero-order chi connectivity index (χ0) is 29.5. The fourth-order valence-corrected chi connectivity index (χ4v) is 11.0. The molecule has 0 aromatic rings. The summed E-state index contributed by atoms with van der Waals surface area (Å²) in [7, 11) is 0. The zero-order valence-corrected chi connectivity index (χ0v) is 28.1. The van der Waals surface area contributed by atoms with E-state index in [4.69, 9.17) is 10.5 Å². The van der Waals surface area contributed by atoms with Crippen LogP contribution in [-0.4, -0.2) is 18.2 Å². The molecular formula is C38H63NO. The molecule has 5 rings (SSSR count). The molecule has 0 aromatic carbocycles. The molecule has 3 fully saturated rings. The van der Waals surface area contributed by atoms with Crippen molar-refractivity contribution in [2.24, 2.45) is 62.4 Å². The number of nitrogens with two attached hydrogens (primary N) is 1. The number of fused-ring (bicyclic) bond motifs is 3. The summed E-state index contributed by atoms with van der Waals surface area (Å²) in [6, 6.07) is 0. The molecule has 226 valence electrons. The molecule has 0 radical (unpaired) electrons. The minimum Gasteiger partial charge on any atom is -0.371 e. The minimum absolute atomic E-state index is 0.166. The van der Waals surface area contributed by atoms with Crippen LogP contribution in [0.2, 0.25) is 0 Å². The Kier molecular flexibility index (Phi) is 7.52. The van der Waals surface area contributed by atoms with E-state index in [1.807, 2.05) is 0 Å². The predicted octanol–water partition coefficient (Wildman–Crippen LogP) is 9.90. The molecule has 2 nitrogen and oxygen atoms in total. The fourth-order valence-electron chi connectivity index (χ4n) is 11.0. The van der Waals surface area contributed by atoms with Gasteiger partial charge in [-0.1, -0.05) is 92.2 Å². The van der Waals surface area contributed by atoms with E-state index in [1.165, 1.54) is 56.9 Å². The van der Waals surface area contributed by atoms with Gasteiger partial charge >= 0.3 is 0 Å². The summed E-state index contributed by atoms with van der Waals surface area (Å²) in [6.45, 7) is 27.3. The van der Waals surface area contributed by atoms with Gasteiger partial charge in [0.25, 0.3) is 0 Å². The summed E-state index contributed by atoms with van der Waals surface area (Å²) in [5, 5.41) is 0. The second-order valence-electron chi connectivity index (χ2n) is 17.4. The summed E-state index contributed by atoms with van der Waals surface area (Å²) in [5.74, 6) is 3.28. The molecule has 0 amide bonds.